The van der Waals surface area contributed by atoms with Crippen LogP contribution in [0.1, 0.15) is 53.6 Å². The monoisotopic (exact) mass is 525 g/mol. The molecule has 2 aromatic rings. The molecule has 0 aliphatic carbocycles. The number of guanidine groups is 1. The highest BCUT2D eigenvalue weighted by atomic mass is 127. The highest BCUT2D eigenvalue weighted by Gasteiger charge is 2.25. The average molecular weight is 525 g/mol. The Morgan fingerprint density at radius 3 is 2.67 bits per heavy atom. The van der Waals surface area contributed by atoms with Gasteiger partial charge in [-0.15, -0.1) is 24.0 Å². The molecule has 0 radical (unpaired) electrons. The Hall–Kier alpha value is -1.61. The molecule has 1 aliphatic rings. The van der Waals surface area contributed by atoms with E-state index >= 15 is 0 Å². The summed E-state index contributed by atoms with van der Waals surface area (Å²) in [4.78, 5) is 6.86. The largest absolute Gasteiger partial charge is 0.370 e. The highest BCUT2D eigenvalue weighted by molar-refractivity contribution is 14.0. The SMILES string of the molecule is CCc1nn(C)c(CC)c1CNC(=NC)N1CCOC(c2ccc(C)cc2C)C1.I. The van der Waals surface area contributed by atoms with Crippen LogP contribution in [0.4, 0.5) is 0 Å². The Labute approximate surface area is 198 Å². The van der Waals surface area contributed by atoms with Crippen LogP contribution in [-0.2, 0) is 31.2 Å². The van der Waals surface area contributed by atoms with E-state index in [4.69, 9.17) is 4.74 Å². The number of aryl methyl sites for hydroxylation is 4. The summed E-state index contributed by atoms with van der Waals surface area (Å²) in [5, 5.41) is 8.27. The van der Waals surface area contributed by atoms with Gasteiger partial charge in [0, 0.05) is 38.4 Å². The third-order valence-electron chi connectivity index (χ3n) is 5.80. The zero-order valence-corrected chi connectivity index (χ0v) is 21.5. The molecule has 1 atom stereocenters. The van der Waals surface area contributed by atoms with Gasteiger partial charge in [-0.2, -0.15) is 5.10 Å². The second-order valence-electron chi connectivity index (χ2n) is 7.77. The smallest absolute Gasteiger partial charge is 0.194 e. The van der Waals surface area contributed by atoms with Gasteiger partial charge in [-0.05, 0) is 37.8 Å². The molecular weight excluding hydrogens is 489 g/mol. The number of aromatic nitrogens is 2. The molecule has 1 N–H and O–H groups in total. The van der Waals surface area contributed by atoms with Gasteiger partial charge in [0.1, 0.15) is 6.10 Å². The summed E-state index contributed by atoms with van der Waals surface area (Å²) in [6.45, 7) is 11.7. The quantitative estimate of drug-likeness (QED) is 0.365. The van der Waals surface area contributed by atoms with Crippen LogP contribution in [0.5, 0.6) is 0 Å². The molecule has 0 saturated carbocycles. The van der Waals surface area contributed by atoms with Crippen molar-refractivity contribution < 1.29 is 4.74 Å². The molecule has 166 valence electrons. The minimum Gasteiger partial charge on any atom is -0.370 e. The molecular formula is C23H36IN5O. The maximum atomic E-state index is 6.11. The van der Waals surface area contributed by atoms with E-state index in [2.05, 4.69) is 66.2 Å². The Kier molecular flexibility index (Phi) is 9.15. The van der Waals surface area contributed by atoms with E-state index in [1.807, 2.05) is 18.8 Å². The fraction of sp³-hybridized carbons (Fsp3) is 0.565. The normalized spacial score (nSPS) is 17.1. The van der Waals surface area contributed by atoms with Crippen molar-refractivity contribution in [3.8, 4) is 0 Å². The van der Waals surface area contributed by atoms with E-state index in [9.17, 15) is 0 Å². The molecule has 1 fully saturated rings. The van der Waals surface area contributed by atoms with Crippen molar-refractivity contribution >= 4 is 29.9 Å². The van der Waals surface area contributed by atoms with Crippen molar-refractivity contribution in [3.05, 3.63) is 51.8 Å². The number of rotatable bonds is 5. The number of morpholine rings is 1. The Morgan fingerprint density at radius 2 is 2.03 bits per heavy atom. The van der Waals surface area contributed by atoms with Gasteiger partial charge in [-0.25, -0.2) is 0 Å². The van der Waals surface area contributed by atoms with Crippen molar-refractivity contribution in [2.75, 3.05) is 26.7 Å². The zero-order chi connectivity index (χ0) is 21.0. The zero-order valence-electron chi connectivity index (χ0n) is 19.2. The number of halogens is 1. The fourth-order valence-corrected chi connectivity index (χ4v) is 4.31. The fourth-order valence-electron chi connectivity index (χ4n) is 4.31. The molecule has 2 heterocycles. The predicted octanol–water partition coefficient (Wildman–Crippen LogP) is 3.93. The average Bonchev–Trinajstić information content (AvgIpc) is 3.03. The minimum absolute atomic E-state index is 0. The number of ether oxygens (including phenoxy) is 1. The lowest BCUT2D eigenvalue weighted by Gasteiger charge is -2.36. The molecule has 0 spiro atoms. The summed E-state index contributed by atoms with van der Waals surface area (Å²) in [5.41, 5.74) is 7.60. The van der Waals surface area contributed by atoms with E-state index in [1.54, 1.807) is 0 Å². The number of hydrogen-bond acceptors (Lipinski definition) is 3. The van der Waals surface area contributed by atoms with Crippen molar-refractivity contribution in [2.24, 2.45) is 12.0 Å². The van der Waals surface area contributed by atoms with Gasteiger partial charge >= 0.3 is 0 Å². The lowest BCUT2D eigenvalue weighted by Crippen LogP contribution is -2.48. The van der Waals surface area contributed by atoms with Crippen LogP contribution >= 0.6 is 24.0 Å². The van der Waals surface area contributed by atoms with Crippen molar-refractivity contribution in [1.82, 2.24) is 20.0 Å². The lowest BCUT2D eigenvalue weighted by atomic mass is 10.00. The van der Waals surface area contributed by atoms with Gasteiger partial charge in [-0.3, -0.25) is 9.67 Å². The maximum Gasteiger partial charge on any atom is 0.194 e. The number of hydrogen-bond donors (Lipinski definition) is 1. The molecule has 7 heteroatoms. The van der Waals surface area contributed by atoms with E-state index in [-0.39, 0.29) is 30.1 Å². The number of aliphatic imine (C=N–C) groups is 1. The number of nitrogens with zero attached hydrogens (tertiary/aromatic N) is 4. The summed E-state index contributed by atoms with van der Waals surface area (Å²) < 4.78 is 8.13. The number of benzene rings is 1. The predicted molar refractivity (Wildman–Crippen MR) is 134 cm³/mol. The minimum atomic E-state index is 0. The maximum absolute atomic E-state index is 6.11. The summed E-state index contributed by atoms with van der Waals surface area (Å²) in [6.07, 6.45) is 1.99. The second-order valence-corrected chi connectivity index (χ2v) is 7.77. The van der Waals surface area contributed by atoms with Gasteiger partial charge < -0.3 is 15.0 Å². The molecule has 1 aromatic carbocycles. The summed E-state index contributed by atoms with van der Waals surface area (Å²) in [7, 11) is 3.89. The van der Waals surface area contributed by atoms with Crippen LogP contribution in [0.3, 0.4) is 0 Å². The molecule has 1 aliphatic heterocycles. The van der Waals surface area contributed by atoms with Crippen LogP contribution in [-0.4, -0.2) is 47.4 Å². The van der Waals surface area contributed by atoms with Crippen LogP contribution < -0.4 is 5.32 Å². The third-order valence-corrected chi connectivity index (χ3v) is 5.80. The Balaban J connectivity index is 0.00000320. The Morgan fingerprint density at radius 1 is 1.27 bits per heavy atom. The van der Waals surface area contributed by atoms with Crippen LogP contribution in [0.2, 0.25) is 0 Å². The topological polar surface area (TPSA) is 54.7 Å². The van der Waals surface area contributed by atoms with E-state index in [1.165, 1.54) is 33.6 Å². The first-order valence-electron chi connectivity index (χ1n) is 10.7. The molecule has 0 bridgehead atoms. The Bertz CT molecular complexity index is 877. The van der Waals surface area contributed by atoms with E-state index < -0.39 is 0 Å². The van der Waals surface area contributed by atoms with Crippen LogP contribution in [0.15, 0.2) is 23.2 Å². The van der Waals surface area contributed by atoms with E-state index in [0.29, 0.717) is 6.61 Å². The molecule has 30 heavy (non-hydrogen) atoms. The van der Waals surface area contributed by atoms with Gasteiger partial charge in [0.15, 0.2) is 5.96 Å². The highest BCUT2D eigenvalue weighted by Crippen LogP contribution is 2.26. The first-order valence-corrected chi connectivity index (χ1v) is 10.7. The third kappa shape index (κ3) is 5.35. The molecule has 1 aromatic heterocycles. The molecule has 1 saturated heterocycles. The molecule has 3 rings (SSSR count). The number of nitrogens with one attached hydrogen (secondary N) is 1. The van der Waals surface area contributed by atoms with Crippen molar-refractivity contribution in [2.45, 2.75) is 53.2 Å². The lowest BCUT2D eigenvalue weighted by molar-refractivity contribution is -0.00834. The molecule has 6 nitrogen and oxygen atoms in total. The van der Waals surface area contributed by atoms with Gasteiger partial charge in [0.05, 0.1) is 18.8 Å². The summed E-state index contributed by atoms with van der Waals surface area (Å²) in [6, 6.07) is 6.59. The first-order chi connectivity index (χ1) is 14.0. The van der Waals surface area contributed by atoms with Crippen LogP contribution in [0, 0.1) is 13.8 Å². The van der Waals surface area contributed by atoms with Gasteiger partial charge in [-0.1, -0.05) is 37.6 Å². The molecule has 1 unspecified atom stereocenters. The standard InChI is InChI=1S/C23H35N5O.HI/c1-7-20-19(21(8-2)27(6)26-20)14-25-23(24-5)28-11-12-29-22(15-28)18-10-9-16(3)13-17(18)4;/h9-10,13,22H,7-8,11-12,14-15H2,1-6H3,(H,24,25);1H. The van der Waals surface area contributed by atoms with Crippen molar-refractivity contribution in [1.29, 1.82) is 0 Å². The van der Waals surface area contributed by atoms with Gasteiger partial charge in [0.2, 0.25) is 0 Å². The molecule has 0 amide bonds. The van der Waals surface area contributed by atoms with Gasteiger partial charge in [0.25, 0.3) is 0 Å². The first kappa shape index (κ1) is 24.7. The summed E-state index contributed by atoms with van der Waals surface area (Å²) >= 11 is 0. The van der Waals surface area contributed by atoms with Crippen LogP contribution in [0.25, 0.3) is 0 Å². The summed E-state index contributed by atoms with van der Waals surface area (Å²) in [5.74, 6) is 0.927. The second kappa shape index (κ2) is 11.1. The van der Waals surface area contributed by atoms with E-state index in [0.717, 1.165) is 38.4 Å². The van der Waals surface area contributed by atoms with Crippen molar-refractivity contribution in [3.63, 3.8) is 0 Å².